The van der Waals surface area contributed by atoms with Crippen molar-refractivity contribution in [2.75, 3.05) is 13.1 Å². The van der Waals surface area contributed by atoms with Gasteiger partial charge in [0, 0.05) is 19.5 Å². The van der Waals surface area contributed by atoms with E-state index in [0.29, 0.717) is 16.7 Å². The van der Waals surface area contributed by atoms with E-state index in [4.69, 9.17) is 0 Å². The van der Waals surface area contributed by atoms with Crippen LogP contribution in [0.5, 0.6) is 0 Å². The average molecular weight is 316 g/mol. The molecule has 0 aromatic heterocycles. The van der Waals surface area contributed by atoms with Crippen LogP contribution in [0.3, 0.4) is 0 Å². The van der Waals surface area contributed by atoms with E-state index < -0.39 is 0 Å². The summed E-state index contributed by atoms with van der Waals surface area (Å²) in [6, 6.07) is 0. The Morgan fingerprint density at radius 3 is 2.61 bits per heavy atom. The van der Waals surface area contributed by atoms with Crippen LogP contribution in [-0.2, 0) is 4.79 Å². The van der Waals surface area contributed by atoms with Gasteiger partial charge in [-0.1, -0.05) is 20.8 Å². The highest BCUT2D eigenvalue weighted by Crippen LogP contribution is 2.62. The van der Waals surface area contributed by atoms with Crippen LogP contribution in [0.1, 0.15) is 65.7 Å². The van der Waals surface area contributed by atoms with Gasteiger partial charge in [0.2, 0.25) is 5.91 Å². The van der Waals surface area contributed by atoms with Gasteiger partial charge in [0.05, 0.1) is 0 Å². The molecular weight excluding hydrogens is 282 g/mol. The molecule has 6 fully saturated rings. The van der Waals surface area contributed by atoms with Crippen LogP contribution in [0.2, 0.25) is 0 Å². The van der Waals surface area contributed by atoms with Gasteiger partial charge in [0.1, 0.15) is 0 Å². The maximum absolute atomic E-state index is 13.1. The quantitative estimate of drug-likeness (QED) is 0.742. The van der Waals surface area contributed by atoms with Gasteiger partial charge in [-0.2, -0.15) is 0 Å². The lowest BCUT2D eigenvalue weighted by molar-refractivity contribution is -0.141. The summed E-state index contributed by atoms with van der Waals surface area (Å²) in [5.74, 6) is 5.80. The first-order valence-electron chi connectivity index (χ1n) is 10.2. The number of carbonyl (C=O) groups is 1. The van der Waals surface area contributed by atoms with Crippen molar-refractivity contribution in [3.63, 3.8) is 0 Å². The second-order valence-electron chi connectivity index (χ2n) is 10.7. The van der Waals surface area contributed by atoms with Gasteiger partial charge in [0.15, 0.2) is 0 Å². The maximum atomic E-state index is 13.1. The van der Waals surface area contributed by atoms with Crippen LogP contribution in [0, 0.1) is 46.3 Å². The van der Waals surface area contributed by atoms with Crippen LogP contribution < -0.4 is 0 Å². The normalized spacial score (nSPS) is 52.4. The fraction of sp³-hybridized carbons (Fsp3) is 0.952. The molecule has 6 bridgehead atoms. The molecule has 0 aromatic rings. The minimum Gasteiger partial charge on any atom is -0.342 e. The summed E-state index contributed by atoms with van der Waals surface area (Å²) in [5.41, 5.74) is 0.758. The predicted octanol–water partition coefficient (Wildman–Crippen LogP) is 4.34. The lowest BCUT2D eigenvalue weighted by Crippen LogP contribution is -2.54. The van der Waals surface area contributed by atoms with Gasteiger partial charge in [-0.3, -0.25) is 4.79 Å². The second kappa shape index (κ2) is 4.55. The molecule has 6 aliphatic rings. The Balaban J connectivity index is 1.30. The van der Waals surface area contributed by atoms with E-state index >= 15 is 0 Å². The van der Waals surface area contributed by atoms with Crippen LogP contribution in [0.15, 0.2) is 0 Å². The maximum Gasteiger partial charge on any atom is 0.222 e. The summed E-state index contributed by atoms with van der Waals surface area (Å²) >= 11 is 0. The topological polar surface area (TPSA) is 20.3 Å². The van der Waals surface area contributed by atoms with Gasteiger partial charge in [-0.05, 0) is 84.9 Å². The molecule has 7 atom stereocenters. The monoisotopic (exact) mass is 315 g/mol. The van der Waals surface area contributed by atoms with Crippen molar-refractivity contribution in [2.24, 2.45) is 46.3 Å². The van der Waals surface area contributed by atoms with Crippen molar-refractivity contribution in [3.05, 3.63) is 0 Å². The number of piperidine rings is 1. The molecule has 1 heterocycles. The molecule has 0 unspecified atom stereocenters. The molecule has 0 N–H and O–H groups in total. The molecule has 23 heavy (non-hydrogen) atoms. The Morgan fingerprint density at radius 2 is 1.87 bits per heavy atom. The number of hydrogen-bond donors (Lipinski definition) is 0. The Morgan fingerprint density at radius 1 is 1.09 bits per heavy atom. The molecule has 6 rings (SSSR count). The minimum atomic E-state index is 0.346. The SMILES string of the molecule is CC1(C)[C@@H]2CC[C@]1(C)CN(C(=O)C[C@H]1[C@H]3C[C@@H]4C[C@@H](C3)[C@@H]1C4)C2. The Bertz CT molecular complexity index is 536. The van der Waals surface area contributed by atoms with E-state index in [1.807, 2.05) is 0 Å². The summed E-state index contributed by atoms with van der Waals surface area (Å²) in [6.45, 7) is 9.38. The largest absolute Gasteiger partial charge is 0.342 e. The Labute approximate surface area is 141 Å². The van der Waals surface area contributed by atoms with Crippen molar-refractivity contribution in [3.8, 4) is 0 Å². The fourth-order valence-electron chi connectivity index (χ4n) is 7.74. The molecule has 0 spiro atoms. The Kier molecular flexibility index (Phi) is 2.92. The third kappa shape index (κ3) is 1.90. The molecular formula is C21H33NO. The summed E-state index contributed by atoms with van der Waals surface area (Å²) in [4.78, 5) is 15.4. The average Bonchev–Trinajstić information content (AvgIpc) is 2.91. The number of nitrogens with zero attached hydrogens (tertiary/aromatic N) is 1. The first-order chi connectivity index (χ1) is 10.9. The third-order valence-electron chi connectivity index (χ3n) is 9.61. The van der Waals surface area contributed by atoms with Crippen LogP contribution in [0.25, 0.3) is 0 Å². The van der Waals surface area contributed by atoms with E-state index in [1.54, 1.807) is 0 Å². The van der Waals surface area contributed by atoms with E-state index in [-0.39, 0.29) is 0 Å². The number of carbonyl (C=O) groups excluding carboxylic acids is 1. The van der Waals surface area contributed by atoms with Crippen molar-refractivity contribution in [1.29, 1.82) is 0 Å². The van der Waals surface area contributed by atoms with Crippen molar-refractivity contribution in [2.45, 2.75) is 65.7 Å². The van der Waals surface area contributed by atoms with Crippen LogP contribution in [-0.4, -0.2) is 23.9 Å². The molecule has 5 aliphatic carbocycles. The number of hydrogen-bond acceptors (Lipinski definition) is 1. The fourth-order valence-corrected chi connectivity index (χ4v) is 7.74. The zero-order valence-electron chi connectivity index (χ0n) is 15.2. The summed E-state index contributed by atoms with van der Waals surface area (Å²) in [5, 5.41) is 0. The standard InChI is InChI=1S/C21H33NO/c1-20(2)16-4-5-21(20,3)12-22(11-16)19(23)10-18-15-7-13-6-14(9-15)17(18)8-13/h13-18H,4-12H2,1-3H3/t13-,14-,15-,16+,17-,18-,21+/m0/s1. The van der Waals surface area contributed by atoms with Gasteiger partial charge in [-0.15, -0.1) is 0 Å². The molecule has 1 amide bonds. The first kappa shape index (κ1) is 14.8. The minimum absolute atomic E-state index is 0.346. The molecule has 128 valence electrons. The Hall–Kier alpha value is -0.530. The van der Waals surface area contributed by atoms with Crippen molar-refractivity contribution >= 4 is 5.91 Å². The highest BCUT2D eigenvalue weighted by molar-refractivity contribution is 5.77. The third-order valence-corrected chi connectivity index (χ3v) is 9.61. The smallest absolute Gasteiger partial charge is 0.222 e. The predicted molar refractivity (Wildman–Crippen MR) is 91.7 cm³/mol. The zero-order chi connectivity index (χ0) is 16.0. The van der Waals surface area contributed by atoms with Crippen molar-refractivity contribution in [1.82, 2.24) is 4.90 Å². The molecule has 0 radical (unpaired) electrons. The zero-order valence-corrected chi connectivity index (χ0v) is 15.2. The highest BCUT2D eigenvalue weighted by Gasteiger charge is 2.57. The molecule has 2 heteroatoms. The molecule has 0 aromatic carbocycles. The van der Waals surface area contributed by atoms with E-state index in [9.17, 15) is 4.79 Å². The van der Waals surface area contributed by atoms with Gasteiger partial charge in [0.25, 0.3) is 0 Å². The summed E-state index contributed by atoms with van der Waals surface area (Å²) in [6.07, 6.45) is 9.35. The summed E-state index contributed by atoms with van der Waals surface area (Å²) < 4.78 is 0. The van der Waals surface area contributed by atoms with Crippen LogP contribution >= 0.6 is 0 Å². The van der Waals surface area contributed by atoms with E-state index in [1.165, 1.54) is 38.5 Å². The first-order valence-corrected chi connectivity index (χ1v) is 10.2. The van der Waals surface area contributed by atoms with Crippen LogP contribution in [0.4, 0.5) is 0 Å². The van der Waals surface area contributed by atoms with E-state index in [2.05, 4.69) is 25.7 Å². The number of likely N-dealkylation sites (tertiary alicyclic amines) is 1. The molecule has 2 nitrogen and oxygen atoms in total. The lowest BCUT2D eigenvalue weighted by atomic mass is 9.63. The molecule has 5 saturated carbocycles. The molecule has 1 saturated heterocycles. The van der Waals surface area contributed by atoms with Gasteiger partial charge >= 0.3 is 0 Å². The van der Waals surface area contributed by atoms with Gasteiger partial charge in [-0.25, -0.2) is 0 Å². The van der Waals surface area contributed by atoms with E-state index in [0.717, 1.165) is 55.0 Å². The number of fused-ring (bicyclic) bond motifs is 2. The number of rotatable bonds is 2. The molecule has 1 aliphatic heterocycles. The lowest BCUT2D eigenvalue weighted by Gasteiger charge is -2.50. The van der Waals surface area contributed by atoms with Gasteiger partial charge < -0.3 is 4.90 Å². The van der Waals surface area contributed by atoms with Crippen molar-refractivity contribution < 1.29 is 4.79 Å². The summed E-state index contributed by atoms with van der Waals surface area (Å²) in [7, 11) is 0. The highest BCUT2D eigenvalue weighted by atomic mass is 16.2. The number of amides is 1. The second-order valence-corrected chi connectivity index (χ2v) is 10.7.